The Bertz CT molecular complexity index is 423. The number of unbranched alkanes of at least 4 members (excludes halogenated alkanes) is 1. The zero-order valence-electron chi connectivity index (χ0n) is 11.3. The molecule has 106 valence electrons. The van der Waals surface area contributed by atoms with Crippen LogP contribution < -0.4 is 10.5 Å². The lowest BCUT2D eigenvalue weighted by Gasteiger charge is -2.16. The normalized spacial score (nSPS) is 12.0. The van der Waals surface area contributed by atoms with Crippen LogP contribution in [0.1, 0.15) is 37.3 Å². The number of benzene rings is 1. The molecule has 1 rings (SSSR count). The average molecular weight is 286 g/mol. The van der Waals surface area contributed by atoms with Crippen LogP contribution in [0.4, 0.5) is 0 Å². The van der Waals surface area contributed by atoms with Gasteiger partial charge in [0.25, 0.3) is 0 Å². The maximum atomic E-state index is 11.0. The van der Waals surface area contributed by atoms with E-state index in [0.717, 1.165) is 30.6 Å². The summed E-state index contributed by atoms with van der Waals surface area (Å²) in [6.07, 6.45) is 2.82. The van der Waals surface area contributed by atoms with E-state index >= 15 is 0 Å². The van der Waals surface area contributed by atoms with Crippen LogP contribution in [0.15, 0.2) is 18.2 Å². The number of rotatable bonds is 7. The topological polar surface area (TPSA) is 61.5 Å². The summed E-state index contributed by atoms with van der Waals surface area (Å²) in [4.78, 5) is 11.0. The Morgan fingerprint density at radius 3 is 2.74 bits per heavy atom. The molecule has 1 aromatic rings. The second-order valence-electron chi connectivity index (χ2n) is 4.31. The molecule has 19 heavy (non-hydrogen) atoms. The van der Waals surface area contributed by atoms with Gasteiger partial charge in [-0.25, -0.2) is 0 Å². The molecule has 0 amide bonds. The first-order valence-electron chi connectivity index (χ1n) is 6.24. The molecular weight excluding hydrogens is 266 g/mol. The highest BCUT2D eigenvalue weighted by Gasteiger charge is 2.12. The van der Waals surface area contributed by atoms with Gasteiger partial charge in [0.1, 0.15) is 5.75 Å². The van der Waals surface area contributed by atoms with Crippen LogP contribution in [0.25, 0.3) is 0 Å². The monoisotopic (exact) mass is 285 g/mol. The first kappa shape index (κ1) is 15.8. The third-order valence-corrected chi connectivity index (χ3v) is 3.20. The molecule has 0 aromatic heterocycles. The van der Waals surface area contributed by atoms with Gasteiger partial charge in [0.2, 0.25) is 0 Å². The van der Waals surface area contributed by atoms with Gasteiger partial charge < -0.3 is 15.2 Å². The zero-order chi connectivity index (χ0) is 14.3. The molecule has 1 aromatic carbocycles. The van der Waals surface area contributed by atoms with Crippen LogP contribution in [0.2, 0.25) is 5.02 Å². The molecule has 0 spiro atoms. The first-order valence-corrected chi connectivity index (χ1v) is 6.62. The Morgan fingerprint density at radius 1 is 1.37 bits per heavy atom. The number of carbonyl (C=O) groups excluding carboxylic acids is 1. The molecule has 0 saturated heterocycles. The van der Waals surface area contributed by atoms with E-state index in [0.29, 0.717) is 11.4 Å². The van der Waals surface area contributed by atoms with Crippen LogP contribution in [-0.2, 0) is 9.53 Å². The predicted molar refractivity (Wildman–Crippen MR) is 75.4 cm³/mol. The van der Waals surface area contributed by atoms with Crippen LogP contribution in [0.3, 0.4) is 0 Å². The van der Waals surface area contributed by atoms with Crippen LogP contribution in [-0.4, -0.2) is 20.2 Å². The Balaban J connectivity index is 2.51. The number of hydrogen-bond acceptors (Lipinski definition) is 4. The molecular formula is C14H20ClNO3. The third-order valence-electron chi connectivity index (χ3n) is 2.96. The van der Waals surface area contributed by atoms with Gasteiger partial charge >= 0.3 is 5.97 Å². The standard InChI is InChI=1S/C14H20ClNO3/c1-18-13-8-7-10(15)9-11(13)12(16)5-3-4-6-14(17)19-2/h7-9,12H,3-6,16H2,1-2H3. The summed E-state index contributed by atoms with van der Waals surface area (Å²) >= 11 is 5.97. The Labute approximate surface area is 118 Å². The SMILES string of the molecule is COC(=O)CCCCC(N)c1cc(Cl)ccc1OC. The second-order valence-corrected chi connectivity index (χ2v) is 4.75. The first-order chi connectivity index (χ1) is 9.08. The summed E-state index contributed by atoms with van der Waals surface area (Å²) < 4.78 is 9.86. The highest BCUT2D eigenvalue weighted by Crippen LogP contribution is 2.29. The molecule has 1 unspecified atom stereocenters. The van der Waals surface area contributed by atoms with Gasteiger partial charge in [0, 0.05) is 23.0 Å². The van der Waals surface area contributed by atoms with Crippen molar-refractivity contribution in [3.8, 4) is 5.75 Å². The van der Waals surface area contributed by atoms with E-state index in [2.05, 4.69) is 4.74 Å². The fourth-order valence-corrected chi connectivity index (χ4v) is 2.07. The van der Waals surface area contributed by atoms with Gasteiger partial charge in [-0.05, 0) is 31.0 Å². The maximum Gasteiger partial charge on any atom is 0.305 e. The van der Waals surface area contributed by atoms with Crippen LogP contribution in [0, 0.1) is 0 Å². The van der Waals surface area contributed by atoms with Crippen molar-refractivity contribution in [2.24, 2.45) is 5.73 Å². The quantitative estimate of drug-likeness (QED) is 0.618. The molecule has 0 aliphatic rings. The molecule has 0 bridgehead atoms. The van der Waals surface area contributed by atoms with Gasteiger partial charge in [-0.15, -0.1) is 0 Å². The number of methoxy groups -OCH3 is 2. The van der Waals surface area contributed by atoms with E-state index in [1.807, 2.05) is 12.1 Å². The van der Waals surface area contributed by atoms with E-state index in [1.165, 1.54) is 7.11 Å². The molecule has 0 aliphatic carbocycles. The number of halogens is 1. The number of carbonyl (C=O) groups is 1. The summed E-state index contributed by atoms with van der Waals surface area (Å²) in [6, 6.07) is 5.26. The molecule has 0 radical (unpaired) electrons. The Morgan fingerprint density at radius 2 is 2.11 bits per heavy atom. The molecule has 5 heteroatoms. The van der Waals surface area contributed by atoms with Gasteiger partial charge in [0.05, 0.1) is 14.2 Å². The molecule has 0 aliphatic heterocycles. The van der Waals surface area contributed by atoms with Gasteiger partial charge in [-0.3, -0.25) is 4.79 Å². The van der Waals surface area contributed by atoms with E-state index in [1.54, 1.807) is 13.2 Å². The van der Waals surface area contributed by atoms with Crippen LogP contribution in [0.5, 0.6) is 5.75 Å². The summed E-state index contributed by atoms with van der Waals surface area (Å²) in [5.41, 5.74) is 7.03. The second kappa shape index (κ2) is 8.02. The van der Waals surface area contributed by atoms with Crippen LogP contribution >= 0.6 is 11.6 Å². The highest BCUT2D eigenvalue weighted by molar-refractivity contribution is 6.30. The minimum Gasteiger partial charge on any atom is -0.496 e. The van der Waals surface area contributed by atoms with Gasteiger partial charge in [-0.2, -0.15) is 0 Å². The smallest absolute Gasteiger partial charge is 0.305 e. The minimum absolute atomic E-state index is 0.147. The van der Waals surface area contributed by atoms with Crippen molar-refractivity contribution in [3.05, 3.63) is 28.8 Å². The maximum absolute atomic E-state index is 11.0. The van der Waals surface area contributed by atoms with Crippen molar-refractivity contribution in [2.75, 3.05) is 14.2 Å². The van der Waals surface area contributed by atoms with Crippen molar-refractivity contribution >= 4 is 17.6 Å². The van der Waals surface area contributed by atoms with Crippen molar-refractivity contribution in [1.29, 1.82) is 0 Å². The number of ether oxygens (including phenoxy) is 2. The molecule has 0 saturated carbocycles. The predicted octanol–water partition coefficient (Wildman–Crippen LogP) is 3.08. The third kappa shape index (κ3) is 5.09. The van der Waals surface area contributed by atoms with Gasteiger partial charge in [0.15, 0.2) is 0 Å². The van der Waals surface area contributed by atoms with Crippen molar-refractivity contribution in [1.82, 2.24) is 0 Å². The minimum atomic E-state index is -0.186. The molecule has 0 heterocycles. The van der Waals surface area contributed by atoms with E-state index in [4.69, 9.17) is 22.1 Å². The Hall–Kier alpha value is -1.26. The molecule has 0 fully saturated rings. The summed E-state index contributed by atoms with van der Waals surface area (Å²) in [5, 5.41) is 0.640. The highest BCUT2D eigenvalue weighted by atomic mass is 35.5. The largest absolute Gasteiger partial charge is 0.496 e. The van der Waals surface area contributed by atoms with E-state index < -0.39 is 0 Å². The fourth-order valence-electron chi connectivity index (χ4n) is 1.89. The number of hydrogen-bond donors (Lipinski definition) is 1. The lowest BCUT2D eigenvalue weighted by Crippen LogP contribution is -2.12. The van der Waals surface area contributed by atoms with Crippen molar-refractivity contribution in [2.45, 2.75) is 31.7 Å². The number of esters is 1. The average Bonchev–Trinajstić information content (AvgIpc) is 2.42. The fraction of sp³-hybridized carbons (Fsp3) is 0.500. The lowest BCUT2D eigenvalue weighted by atomic mass is 10.0. The Kier molecular flexibility index (Phi) is 6.67. The molecule has 1 atom stereocenters. The zero-order valence-corrected chi connectivity index (χ0v) is 12.1. The summed E-state index contributed by atoms with van der Waals surface area (Å²) in [6.45, 7) is 0. The van der Waals surface area contributed by atoms with E-state index in [9.17, 15) is 4.79 Å². The lowest BCUT2D eigenvalue weighted by molar-refractivity contribution is -0.140. The summed E-state index contributed by atoms with van der Waals surface area (Å²) in [7, 11) is 3.00. The summed E-state index contributed by atoms with van der Waals surface area (Å²) in [5.74, 6) is 0.554. The molecule has 4 nitrogen and oxygen atoms in total. The van der Waals surface area contributed by atoms with E-state index in [-0.39, 0.29) is 12.0 Å². The van der Waals surface area contributed by atoms with Gasteiger partial charge in [-0.1, -0.05) is 18.0 Å². The van der Waals surface area contributed by atoms with Crippen molar-refractivity contribution in [3.63, 3.8) is 0 Å². The van der Waals surface area contributed by atoms with Crippen molar-refractivity contribution < 1.29 is 14.3 Å². The number of nitrogens with two attached hydrogens (primary N) is 1. The molecule has 2 N–H and O–H groups in total.